The van der Waals surface area contributed by atoms with Gasteiger partial charge in [0.15, 0.2) is 0 Å². The number of hydrogen-bond acceptors (Lipinski definition) is 4. The number of H-pyrrole nitrogens is 1. The van der Waals surface area contributed by atoms with Gasteiger partial charge in [-0.05, 0) is 25.1 Å². The molecule has 1 aromatic heterocycles. The molecule has 2 amide bonds. The molecule has 39 heavy (non-hydrogen) atoms. The second kappa shape index (κ2) is 10.2. The number of piperazine rings is 1. The van der Waals surface area contributed by atoms with Gasteiger partial charge in [0.1, 0.15) is 11.9 Å². The molecule has 2 aromatic carbocycles. The van der Waals surface area contributed by atoms with E-state index in [9.17, 15) is 14.4 Å². The van der Waals surface area contributed by atoms with E-state index in [1.165, 1.54) is 11.0 Å². The molecule has 2 aliphatic rings. The number of rotatable bonds is 3. The second-order valence-corrected chi connectivity index (χ2v) is 11.7. The number of allylic oxidation sites excluding steroid dienone is 1. The van der Waals surface area contributed by atoms with Crippen molar-refractivity contribution < 1.29 is 9.59 Å². The smallest absolute Gasteiger partial charge is 0.266 e. The van der Waals surface area contributed by atoms with Crippen molar-refractivity contribution in [1.29, 1.82) is 0 Å². The molecule has 3 heterocycles. The summed E-state index contributed by atoms with van der Waals surface area (Å²) in [6.07, 6.45) is 0. The van der Waals surface area contributed by atoms with Gasteiger partial charge in [-0.25, -0.2) is 0 Å². The quantitative estimate of drug-likeness (QED) is 0.478. The number of anilines is 2. The molecule has 3 aromatic rings. The third-order valence-corrected chi connectivity index (χ3v) is 8.10. The standard InChI is InChI=1S/C29H31Cl2N5O3/c1-18-24(27(38)34-15-13-33(14-16-34)19-9-6-5-7-10-19)26(20-11-8-12-21(30)25(20)31)36-23(17-22(37)32-36)35(18)28(39)29(2,3)4/h5-12,17,26H,13-16H2,1-4H3,(H,32,37). The first-order chi connectivity index (χ1) is 18.5. The van der Waals surface area contributed by atoms with Crippen molar-refractivity contribution in [3.63, 3.8) is 0 Å². The highest BCUT2D eigenvalue weighted by Crippen LogP contribution is 2.44. The Morgan fingerprint density at radius 3 is 2.26 bits per heavy atom. The molecule has 1 fully saturated rings. The summed E-state index contributed by atoms with van der Waals surface area (Å²) in [5.74, 6) is -0.0975. The lowest BCUT2D eigenvalue weighted by Crippen LogP contribution is -2.51. The highest BCUT2D eigenvalue weighted by atomic mass is 35.5. The monoisotopic (exact) mass is 567 g/mol. The van der Waals surface area contributed by atoms with Crippen molar-refractivity contribution in [2.24, 2.45) is 5.41 Å². The summed E-state index contributed by atoms with van der Waals surface area (Å²) in [6, 6.07) is 15.9. The van der Waals surface area contributed by atoms with Crippen molar-refractivity contribution in [3.8, 4) is 0 Å². The van der Waals surface area contributed by atoms with E-state index in [0.29, 0.717) is 53.9 Å². The summed E-state index contributed by atoms with van der Waals surface area (Å²) in [4.78, 5) is 46.2. The first-order valence-electron chi connectivity index (χ1n) is 12.9. The predicted octanol–water partition coefficient (Wildman–Crippen LogP) is 5.09. The van der Waals surface area contributed by atoms with Crippen LogP contribution in [0.2, 0.25) is 10.0 Å². The van der Waals surface area contributed by atoms with Crippen LogP contribution in [-0.2, 0) is 9.59 Å². The van der Waals surface area contributed by atoms with E-state index in [1.807, 2.05) is 39.0 Å². The summed E-state index contributed by atoms with van der Waals surface area (Å²) in [7, 11) is 0. The lowest BCUT2D eigenvalue weighted by Gasteiger charge is -2.41. The third-order valence-electron chi connectivity index (χ3n) is 7.26. The van der Waals surface area contributed by atoms with Crippen LogP contribution >= 0.6 is 23.2 Å². The number of fused-ring (bicyclic) bond motifs is 1. The molecule has 2 aliphatic heterocycles. The zero-order valence-corrected chi connectivity index (χ0v) is 23.9. The van der Waals surface area contributed by atoms with Crippen LogP contribution in [0.25, 0.3) is 0 Å². The number of carbonyl (C=O) groups is 2. The molecule has 5 rings (SSSR count). The summed E-state index contributed by atoms with van der Waals surface area (Å²) in [6.45, 7) is 9.52. The summed E-state index contributed by atoms with van der Waals surface area (Å²) in [5, 5.41) is 3.43. The number of hydrogen-bond donors (Lipinski definition) is 1. The largest absolute Gasteiger partial charge is 0.368 e. The maximum absolute atomic E-state index is 14.4. The molecule has 0 saturated carbocycles. The topological polar surface area (TPSA) is 81.7 Å². The molecule has 1 unspecified atom stereocenters. The fraction of sp³-hybridized carbons (Fsp3) is 0.345. The minimum atomic E-state index is -0.780. The van der Waals surface area contributed by atoms with Gasteiger partial charge in [-0.15, -0.1) is 0 Å². The van der Waals surface area contributed by atoms with Crippen LogP contribution in [0.1, 0.15) is 39.3 Å². The Bertz CT molecular complexity index is 1510. The number of carbonyl (C=O) groups excluding carboxylic acids is 2. The molecule has 0 spiro atoms. The highest BCUT2D eigenvalue weighted by molar-refractivity contribution is 6.42. The number of benzene rings is 2. The van der Waals surface area contributed by atoms with Gasteiger partial charge in [0.2, 0.25) is 5.91 Å². The minimum Gasteiger partial charge on any atom is -0.368 e. The van der Waals surface area contributed by atoms with E-state index in [-0.39, 0.29) is 16.8 Å². The summed E-state index contributed by atoms with van der Waals surface area (Å²) >= 11 is 13.1. The van der Waals surface area contributed by atoms with E-state index in [4.69, 9.17) is 23.2 Å². The Kier molecular flexibility index (Phi) is 7.11. The van der Waals surface area contributed by atoms with Crippen LogP contribution in [0.4, 0.5) is 11.5 Å². The highest BCUT2D eigenvalue weighted by Gasteiger charge is 2.43. The summed E-state index contributed by atoms with van der Waals surface area (Å²) in [5.41, 5.74) is 1.34. The van der Waals surface area contributed by atoms with Crippen LogP contribution in [0.15, 0.2) is 70.7 Å². The number of nitrogens with zero attached hydrogens (tertiary/aromatic N) is 4. The number of halogens is 2. The molecule has 0 aliphatic carbocycles. The average molecular weight is 569 g/mol. The van der Waals surface area contributed by atoms with Crippen LogP contribution in [0.5, 0.6) is 0 Å². The lowest BCUT2D eigenvalue weighted by atomic mass is 9.90. The molecule has 0 bridgehead atoms. The SMILES string of the molecule is CC1=C(C(=O)N2CCN(c3ccccc3)CC2)C(c2cccc(Cl)c2Cl)n2[nH]c(=O)cc2N1C(=O)C(C)(C)C. The lowest BCUT2D eigenvalue weighted by molar-refractivity contribution is -0.128. The van der Waals surface area contributed by atoms with Gasteiger partial charge in [-0.3, -0.25) is 29.1 Å². The van der Waals surface area contributed by atoms with Crippen molar-refractivity contribution in [2.75, 3.05) is 36.0 Å². The first kappa shape index (κ1) is 27.1. The van der Waals surface area contributed by atoms with Crippen LogP contribution in [-0.4, -0.2) is 52.7 Å². The molecular formula is C29H31Cl2N5O3. The normalized spacial score (nSPS) is 17.9. The van der Waals surface area contributed by atoms with E-state index >= 15 is 0 Å². The minimum absolute atomic E-state index is 0.215. The van der Waals surface area contributed by atoms with Crippen molar-refractivity contribution >= 4 is 46.5 Å². The Balaban J connectivity index is 1.61. The van der Waals surface area contributed by atoms with Crippen LogP contribution in [0.3, 0.4) is 0 Å². The van der Waals surface area contributed by atoms with Gasteiger partial charge in [0.05, 0.1) is 15.6 Å². The average Bonchev–Trinajstić information content (AvgIpc) is 3.29. The van der Waals surface area contributed by atoms with E-state index in [0.717, 1.165) is 5.69 Å². The molecule has 0 radical (unpaired) electrons. The predicted molar refractivity (Wildman–Crippen MR) is 155 cm³/mol. The van der Waals surface area contributed by atoms with Crippen molar-refractivity contribution in [2.45, 2.75) is 33.7 Å². The van der Waals surface area contributed by atoms with Gasteiger partial charge in [-0.2, -0.15) is 0 Å². The fourth-order valence-electron chi connectivity index (χ4n) is 5.25. The Morgan fingerprint density at radius 1 is 0.949 bits per heavy atom. The van der Waals surface area contributed by atoms with Crippen LogP contribution < -0.4 is 15.4 Å². The van der Waals surface area contributed by atoms with Crippen LogP contribution in [0, 0.1) is 5.41 Å². The number of aromatic amines is 1. The van der Waals surface area contributed by atoms with Gasteiger partial charge in [0.25, 0.3) is 11.5 Å². The number of nitrogens with one attached hydrogen (secondary N) is 1. The van der Waals surface area contributed by atoms with Gasteiger partial charge in [-0.1, -0.05) is 74.3 Å². The molecule has 1 N–H and O–H groups in total. The molecule has 1 saturated heterocycles. The number of aromatic nitrogens is 2. The van der Waals surface area contributed by atoms with Gasteiger partial charge >= 0.3 is 0 Å². The molecular weight excluding hydrogens is 537 g/mol. The maximum atomic E-state index is 14.4. The molecule has 10 heteroatoms. The Hall–Kier alpha value is -3.49. The Labute approximate surface area is 237 Å². The molecule has 204 valence electrons. The summed E-state index contributed by atoms with van der Waals surface area (Å²) < 4.78 is 1.56. The van der Waals surface area contributed by atoms with Crippen molar-refractivity contribution in [1.82, 2.24) is 14.7 Å². The van der Waals surface area contributed by atoms with E-state index in [2.05, 4.69) is 22.1 Å². The molecule has 8 nitrogen and oxygen atoms in total. The molecule has 1 atom stereocenters. The maximum Gasteiger partial charge on any atom is 0.266 e. The van der Waals surface area contributed by atoms with E-state index in [1.54, 1.807) is 34.7 Å². The Morgan fingerprint density at radius 2 is 1.62 bits per heavy atom. The third kappa shape index (κ3) is 4.87. The number of amides is 2. The zero-order chi connectivity index (χ0) is 28.1. The van der Waals surface area contributed by atoms with Gasteiger partial charge in [0, 0.05) is 54.6 Å². The zero-order valence-electron chi connectivity index (χ0n) is 22.4. The first-order valence-corrected chi connectivity index (χ1v) is 13.6. The fourth-order valence-corrected chi connectivity index (χ4v) is 5.66. The van der Waals surface area contributed by atoms with Crippen molar-refractivity contribution in [3.05, 3.63) is 91.8 Å². The van der Waals surface area contributed by atoms with Gasteiger partial charge < -0.3 is 9.80 Å². The number of para-hydroxylation sites is 1. The van der Waals surface area contributed by atoms with E-state index < -0.39 is 17.0 Å². The second-order valence-electron chi connectivity index (χ2n) is 10.9.